The molecule has 0 saturated heterocycles. The minimum atomic E-state index is -0.685. The molecule has 3 aromatic rings. The van der Waals surface area contributed by atoms with Crippen molar-refractivity contribution in [2.75, 3.05) is 5.32 Å². The normalized spacial score (nSPS) is 14.7. The van der Waals surface area contributed by atoms with Gasteiger partial charge in [-0.25, -0.2) is 4.39 Å². The lowest BCUT2D eigenvalue weighted by Crippen LogP contribution is -2.42. The van der Waals surface area contributed by atoms with E-state index in [9.17, 15) is 14.0 Å². The molecule has 1 aliphatic carbocycles. The van der Waals surface area contributed by atoms with Gasteiger partial charge < -0.3 is 10.6 Å². The number of aromatic nitrogens is 1. The van der Waals surface area contributed by atoms with Gasteiger partial charge in [-0.3, -0.25) is 14.6 Å². The summed E-state index contributed by atoms with van der Waals surface area (Å²) in [5.41, 5.74) is 2.09. The van der Waals surface area contributed by atoms with Crippen LogP contribution in [0, 0.1) is 5.82 Å². The second-order valence-corrected chi connectivity index (χ2v) is 7.87. The summed E-state index contributed by atoms with van der Waals surface area (Å²) in [7, 11) is 0. The van der Waals surface area contributed by atoms with Gasteiger partial charge in [-0.1, -0.05) is 37.1 Å². The molecule has 1 aromatic heterocycles. The highest BCUT2D eigenvalue weighted by molar-refractivity contribution is 6.04. The Morgan fingerprint density at radius 3 is 2.45 bits per heavy atom. The molecule has 0 radical (unpaired) electrons. The van der Waals surface area contributed by atoms with E-state index >= 15 is 0 Å². The van der Waals surface area contributed by atoms with Crippen molar-refractivity contribution in [2.45, 2.75) is 37.6 Å². The lowest BCUT2D eigenvalue weighted by Gasteiger charge is -2.28. The fraction of sp³-hybridized carbons (Fsp3) is 0.240. The minimum Gasteiger partial charge on any atom is -0.351 e. The van der Waals surface area contributed by atoms with Gasteiger partial charge in [0.25, 0.3) is 5.91 Å². The molecule has 0 aliphatic heterocycles. The Hall–Kier alpha value is -3.54. The Balaban J connectivity index is 1.44. The molecule has 2 N–H and O–H groups in total. The summed E-state index contributed by atoms with van der Waals surface area (Å²) in [6.07, 6.45) is 6.45. The molecule has 0 unspecified atom stereocenters. The molecule has 2 amide bonds. The second-order valence-electron chi connectivity index (χ2n) is 7.87. The number of nitrogens with zero attached hydrogens (tertiary/aromatic N) is 1. The zero-order valence-corrected chi connectivity index (χ0v) is 17.1. The summed E-state index contributed by atoms with van der Waals surface area (Å²) in [4.78, 5) is 29.5. The standard InChI is InChI=1S/C25H24FN3O2/c26-21-7-4-6-20(16-21)25(11-1-2-12-25)24(31)28-17-18-5-3-8-22(15-18)29-23(30)19-9-13-27-14-10-19/h3-10,13-16H,1-2,11-12,17H2,(H,28,31)(H,29,30). The van der Waals surface area contributed by atoms with Crippen LogP contribution < -0.4 is 10.6 Å². The van der Waals surface area contributed by atoms with Crippen molar-refractivity contribution in [3.05, 3.63) is 95.6 Å². The third-order valence-electron chi connectivity index (χ3n) is 5.85. The van der Waals surface area contributed by atoms with E-state index in [1.807, 2.05) is 24.3 Å². The van der Waals surface area contributed by atoms with Crippen molar-refractivity contribution in [2.24, 2.45) is 0 Å². The van der Waals surface area contributed by atoms with Crippen molar-refractivity contribution in [3.63, 3.8) is 0 Å². The van der Waals surface area contributed by atoms with Crippen LogP contribution in [0.2, 0.25) is 0 Å². The van der Waals surface area contributed by atoms with Gasteiger partial charge in [0.2, 0.25) is 5.91 Å². The van der Waals surface area contributed by atoms with Crippen molar-refractivity contribution in [3.8, 4) is 0 Å². The van der Waals surface area contributed by atoms with Crippen LogP contribution in [0.1, 0.15) is 47.2 Å². The summed E-state index contributed by atoms with van der Waals surface area (Å²) in [5, 5.41) is 5.89. The van der Waals surface area contributed by atoms with Crippen molar-refractivity contribution in [1.82, 2.24) is 10.3 Å². The Morgan fingerprint density at radius 1 is 0.968 bits per heavy atom. The SMILES string of the molecule is O=C(Nc1cccc(CNC(=O)C2(c3cccc(F)c3)CCCC2)c1)c1ccncc1. The highest BCUT2D eigenvalue weighted by atomic mass is 19.1. The van der Waals surface area contributed by atoms with Gasteiger partial charge in [-0.2, -0.15) is 0 Å². The van der Waals surface area contributed by atoms with E-state index < -0.39 is 5.41 Å². The number of rotatable bonds is 6. The van der Waals surface area contributed by atoms with Crippen LogP contribution >= 0.6 is 0 Å². The van der Waals surface area contributed by atoms with Crippen LogP contribution in [-0.2, 0) is 16.8 Å². The number of benzene rings is 2. The number of carbonyl (C=O) groups is 2. The lowest BCUT2D eigenvalue weighted by molar-refractivity contribution is -0.126. The van der Waals surface area contributed by atoms with E-state index in [0.29, 0.717) is 30.6 Å². The molecule has 1 saturated carbocycles. The monoisotopic (exact) mass is 417 g/mol. The molecular weight excluding hydrogens is 393 g/mol. The smallest absolute Gasteiger partial charge is 0.255 e. The maximum atomic E-state index is 13.8. The molecule has 2 aromatic carbocycles. The molecule has 31 heavy (non-hydrogen) atoms. The van der Waals surface area contributed by atoms with E-state index in [1.165, 1.54) is 12.1 Å². The number of carbonyl (C=O) groups excluding carboxylic acids is 2. The molecule has 6 heteroatoms. The number of amides is 2. The Labute approximate surface area is 180 Å². The summed E-state index contributed by atoms with van der Waals surface area (Å²) in [6.45, 7) is 0.328. The number of hydrogen-bond acceptors (Lipinski definition) is 3. The zero-order chi connectivity index (χ0) is 21.7. The maximum absolute atomic E-state index is 13.8. The van der Waals surface area contributed by atoms with E-state index in [2.05, 4.69) is 15.6 Å². The van der Waals surface area contributed by atoms with Crippen LogP contribution in [0.5, 0.6) is 0 Å². The van der Waals surface area contributed by atoms with Gasteiger partial charge >= 0.3 is 0 Å². The van der Waals surface area contributed by atoms with Crippen LogP contribution in [0.25, 0.3) is 0 Å². The molecule has 0 spiro atoms. The molecule has 5 nitrogen and oxygen atoms in total. The first-order valence-electron chi connectivity index (χ1n) is 10.4. The van der Waals surface area contributed by atoms with Gasteiger partial charge in [0.05, 0.1) is 5.41 Å². The second kappa shape index (κ2) is 9.08. The van der Waals surface area contributed by atoms with Crippen molar-refractivity contribution in [1.29, 1.82) is 0 Å². The Kier molecular flexibility index (Phi) is 6.07. The van der Waals surface area contributed by atoms with E-state index in [1.54, 1.807) is 36.7 Å². The van der Waals surface area contributed by atoms with Gasteiger partial charge in [0.1, 0.15) is 5.82 Å². The molecule has 158 valence electrons. The fourth-order valence-corrected chi connectivity index (χ4v) is 4.23. The molecular formula is C25H24FN3O2. The van der Waals surface area contributed by atoms with Gasteiger partial charge in [-0.05, 0) is 60.4 Å². The molecule has 4 rings (SSSR count). The predicted molar refractivity (Wildman–Crippen MR) is 117 cm³/mol. The van der Waals surface area contributed by atoms with Crippen molar-refractivity contribution < 1.29 is 14.0 Å². The third kappa shape index (κ3) is 4.63. The quantitative estimate of drug-likeness (QED) is 0.616. The van der Waals surface area contributed by atoms with E-state index in [4.69, 9.17) is 0 Å². The number of hydrogen-bond donors (Lipinski definition) is 2. The van der Waals surface area contributed by atoms with E-state index in [0.717, 1.165) is 24.0 Å². The first kappa shape index (κ1) is 20.7. The summed E-state index contributed by atoms with van der Waals surface area (Å²) in [5.74, 6) is -0.629. The third-order valence-corrected chi connectivity index (χ3v) is 5.85. The number of pyridine rings is 1. The maximum Gasteiger partial charge on any atom is 0.255 e. The van der Waals surface area contributed by atoms with Gasteiger partial charge in [0, 0.05) is 30.2 Å². The Bertz CT molecular complexity index is 1080. The average molecular weight is 417 g/mol. The largest absolute Gasteiger partial charge is 0.351 e. The van der Waals surface area contributed by atoms with Crippen LogP contribution in [0.3, 0.4) is 0 Å². The van der Waals surface area contributed by atoms with Crippen LogP contribution in [0.15, 0.2) is 73.1 Å². The molecule has 0 atom stereocenters. The topological polar surface area (TPSA) is 71.1 Å². The van der Waals surface area contributed by atoms with E-state index in [-0.39, 0.29) is 17.6 Å². The fourth-order valence-electron chi connectivity index (χ4n) is 4.23. The number of nitrogens with one attached hydrogen (secondary N) is 2. The minimum absolute atomic E-state index is 0.0816. The highest BCUT2D eigenvalue weighted by Crippen LogP contribution is 2.41. The molecule has 0 bridgehead atoms. The zero-order valence-electron chi connectivity index (χ0n) is 17.1. The van der Waals surface area contributed by atoms with Crippen LogP contribution in [-0.4, -0.2) is 16.8 Å². The van der Waals surface area contributed by atoms with Gasteiger partial charge in [0.15, 0.2) is 0 Å². The average Bonchev–Trinajstić information content (AvgIpc) is 3.30. The Morgan fingerprint density at radius 2 is 1.71 bits per heavy atom. The number of halogens is 1. The van der Waals surface area contributed by atoms with Crippen LogP contribution in [0.4, 0.5) is 10.1 Å². The molecule has 1 heterocycles. The predicted octanol–water partition coefficient (Wildman–Crippen LogP) is 4.60. The lowest BCUT2D eigenvalue weighted by atomic mass is 9.78. The molecule has 1 fully saturated rings. The summed E-state index contributed by atoms with van der Waals surface area (Å²) < 4.78 is 13.8. The summed E-state index contributed by atoms with van der Waals surface area (Å²) in [6, 6.07) is 17.0. The molecule has 1 aliphatic rings. The van der Waals surface area contributed by atoms with Crippen molar-refractivity contribution >= 4 is 17.5 Å². The number of anilines is 1. The first-order chi connectivity index (χ1) is 15.1. The summed E-state index contributed by atoms with van der Waals surface area (Å²) >= 11 is 0. The highest BCUT2D eigenvalue weighted by Gasteiger charge is 2.42. The van der Waals surface area contributed by atoms with Gasteiger partial charge in [-0.15, -0.1) is 0 Å². The first-order valence-corrected chi connectivity index (χ1v) is 10.4.